The number of carbonyl (C=O) groups excluding carboxylic acids is 2. The molecule has 1 saturated heterocycles. The van der Waals surface area contributed by atoms with Crippen LogP contribution in [-0.2, 0) is 22.7 Å². The molecule has 0 bridgehead atoms. The molecule has 0 radical (unpaired) electrons. The van der Waals surface area contributed by atoms with E-state index in [2.05, 4.69) is 15.5 Å². The van der Waals surface area contributed by atoms with E-state index in [9.17, 15) is 9.59 Å². The van der Waals surface area contributed by atoms with Crippen LogP contribution in [0.4, 0.5) is 0 Å². The van der Waals surface area contributed by atoms with Crippen LogP contribution in [0.15, 0.2) is 42.5 Å². The lowest BCUT2D eigenvalue weighted by Crippen LogP contribution is -2.51. The van der Waals surface area contributed by atoms with Gasteiger partial charge in [-0.2, -0.15) is 0 Å². The summed E-state index contributed by atoms with van der Waals surface area (Å²) < 4.78 is 10.8. The van der Waals surface area contributed by atoms with Gasteiger partial charge in [-0.15, -0.1) is 0 Å². The fraction of sp³-hybridized carbons (Fsp3) is 0.375. The van der Waals surface area contributed by atoms with Crippen LogP contribution >= 0.6 is 0 Å². The van der Waals surface area contributed by atoms with Crippen molar-refractivity contribution < 1.29 is 19.1 Å². The van der Waals surface area contributed by atoms with Crippen molar-refractivity contribution >= 4 is 17.6 Å². The quantitative estimate of drug-likeness (QED) is 0.308. The number of fused-ring (bicyclic) bond motifs is 1. The predicted octanol–water partition coefficient (Wildman–Crippen LogP) is 0.250. The molecule has 2 aliphatic rings. The summed E-state index contributed by atoms with van der Waals surface area (Å²) in [4.78, 5) is 28.7. The van der Waals surface area contributed by atoms with Gasteiger partial charge in [0.1, 0.15) is 5.84 Å². The number of amides is 2. The largest absolute Gasteiger partial charge is 0.454 e. The van der Waals surface area contributed by atoms with Gasteiger partial charge < -0.3 is 30.7 Å². The molecule has 10 heteroatoms. The SMILES string of the molecule is N=C(N)c1ccc(CNCC(=O)NCC(=O)N2CCN(Cc3ccc4c(c3)OCO4)CC2)cc1. The van der Waals surface area contributed by atoms with E-state index in [1.807, 2.05) is 30.3 Å². The zero-order chi connectivity index (χ0) is 23.9. The summed E-state index contributed by atoms with van der Waals surface area (Å²) in [5.41, 5.74) is 8.23. The van der Waals surface area contributed by atoms with Gasteiger partial charge in [0, 0.05) is 44.8 Å². The highest BCUT2D eigenvalue weighted by atomic mass is 16.7. The number of hydrogen-bond donors (Lipinski definition) is 4. The van der Waals surface area contributed by atoms with Crippen molar-refractivity contribution in [3.05, 3.63) is 59.2 Å². The molecule has 0 aliphatic carbocycles. The van der Waals surface area contributed by atoms with Crippen LogP contribution in [0.2, 0.25) is 0 Å². The second kappa shape index (κ2) is 11.0. The maximum atomic E-state index is 12.5. The molecule has 0 aromatic heterocycles. The van der Waals surface area contributed by atoms with Crippen molar-refractivity contribution in [3.63, 3.8) is 0 Å². The summed E-state index contributed by atoms with van der Waals surface area (Å²) >= 11 is 0. The van der Waals surface area contributed by atoms with Gasteiger partial charge in [-0.1, -0.05) is 30.3 Å². The second-order valence-electron chi connectivity index (χ2n) is 8.34. The van der Waals surface area contributed by atoms with Gasteiger partial charge >= 0.3 is 0 Å². The fourth-order valence-electron chi connectivity index (χ4n) is 3.92. The molecule has 180 valence electrons. The first-order valence-electron chi connectivity index (χ1n) is 11.3. The van der Waals surface area contributed by atoms with Crippen LogP contribution in [0.25, 0.3) is 0 Å². The maximum absolute atomic E-state index is 12.5. The van der Waals surface area contributed by atoms with E-state index >= 15 is 0 Å². The number of ether oxygens (including phenoxy) is 2. The highest BCUT2D eigenvalue weighted by molar-refractivity contribution is 5.94. The van der Waals surface area contributed by atoms with E-state index in [-0.39, 0.29) is 37.5 Å². The summed E-state index contributed by atoms with van der Waals surface area (Å²) in [6.45, 7) is 4.49. The van der Waals surface area contributed by atoms with Gasteiger partial charge in [-0.25, -0.2) is 0 Å². The van der Waals surface area contributed by atoms with E-state index < -0.39 is 0 Å². The molecule has 0 saturated carbocycles. The Balaban J connectivity index is 1.11. The van der Waals surface area contributed by atoms with Gasteiger partial charge in [0.2, 0.25) is 18.6 Å². The third-order valence-electron chi connectivity index (χ3n) is 5.88. The van der Waals surface area contributed by atoms with Gasteiger partial charge in [-0.05, 0) is 23.3 Å². The third-order valence-corrected chi connectivity index (χ3v) is 5.88. The Morgan fingerprint density at radius 3 is 2.38 bits per heavy atom. The van der Waals surface area contributed by atoms with Gasteiger partial charge in [-0.3, -0.25) is 19.9 Å². The van der Waals surface area contributed by atoms with Crippen LogP contribution in [-0.4, -0.2) is 73.5 Å². The molecule has 4 rings (SSSR count). The average Bonchev–Trinajstić information content (AvgIpc) is 3.31. The lowest BCUT2D eigenvalue weighted by Gasteiger charge is -2.34. The Bertz CT molecular complexity index is 1030. The molecule has 0 spiro atoms. The predicted molar refractivity (Wildman–Crippen MR) is 127 cm³/mol. The van der Waals surface area contributed by atoms with Crippen LogP contribution < -0.4 is 25.8 Å². The topological polar surface area (TPSA) is 133 Å². The Morgan fingerprint density at radius 2 is 1.65 bits per heavy atom. The zero-order valence-corrected chi connectivity index (χ0v) is 19.0. The lowest BCUT2D eigenvalue weighted by molar-refractivity contribution is -0.134. The molecule has 1 fully saturated rings. The molecule has 34 heavy (non-hydrogen) atoms. The highest BCUT2D eigenvalue weighted by Gasteiger charge is 2.22. The van der Waals surface area contributed by atoms with Crippen LogP contribution in [0.3, 0.4) is 0 Å². The normalized spacial score (nSPS) is 15.2. The fourth-order valence-corrected chi connectivity index (χ4v) is 3.92. The van der Waals surface area contributed by atoms with E-state index in [1.54, 1.807) is 17.0 Å². The van der Waals surface area contributed by atoms with Crippen molar-refractivity contribution in [2.45, 2.75) is 13.1 Å². The molecular weight excluding hydrogens is 436 g/mol. The number of nitrogens with zero attached hydrogens (tertiary/aromatic N) is 2. The first-order chi connectivity index (χ1) is 16.5. The third kappa shape index (κ3) is 6.24. The molecule has 10 nitrogen and oxygen atoms in total. The average molecular weight is 467 g/mol. The highest BCUT2D eigenvalue weighted by Crippen LogP contribution is 2.32. The Hall–Kier alpha value is -3.63. The minimum atomic E-state index is -0.227. The Kier molecular flexibility index (Phi) is 7.61. The lowest BCUT2D eigenvalue weighted by atomic mass is 10.1. The molecule has 5 N–H and O–H groups in total. The van der Waals surface area contributed by atoms with E-state index in [0.29, 0.717) is 25.2 Å². The van der Waals surface area contributed by atoms with Crippen molar-refractivity contribution in [1.29, 1.82) is 5.41 Å². The zero-order valence-electron chi connectivity index (χ0n) is 19.0. The first kappa shape index (κ1) is 23.5. The molecule has 2 heterocycles. The van der Waals surface area contributed by atoms with Crippen molar-refractivity contribution in [2.24, 2.45) is 5.73 Å². The molecule has 2 aliphatic heterocycles. The monoisotopic (exact) mass is 466 g/mol. The van der Waals surface area contributed by atoms with E-state index in [0.717, 1.165) is 42.3 Å². The number of nitrogen functional groups attached to an aromatic ring is 1. The number of nitrogens with one attached hydrogen (secondary N) is 3. The summed E-state index contributed by atoms with van der Waals surface area (Å²) in [6.07, 6.45) is 0. The number of benzene rings is 2. The molecule has 2 aromatic carbocycles. The number of nitrogens with two attached hydrogens (primary N) is 1. The number of carbonyl (C=O) groups is 2. The van der Waals surface area contributed by atoms with E-state index in [1.165, 1.54) is 0 Å². The van der Waals surface area contributed by atoms with E-state index in [4.69, 9.17) is 20.6 Å². The second-order valence-corrected chi connectivity index (χ2v) is 8.34. The van der Waals surface area contributed by atoms with Crippen molar-refractivity contribution in [3.8, 4) is 11.5 Å². The summed E-state index contributed by atoms with van der Waals surface area (Å²) in [7, 11) is 0. The summed E-state index contributed by atoms with van der Waals surface area (Å²) in [5.74, 6) is 1.28. The van der Waals surface area contributed by atoms with Crippen LogP contribution in [0.1, 0.15) is 16.7 Å². The minimum absolute atomic E-state index is 0.00399. The molecule has 2 aromatic rings. The maximum Gasteiger partial charge on any atom is 0.242 e. The summed E-state index contributed by atoms with van der Waals surface area (Å²) in [5, 5.41) is 13.1. The minimum Gasteiger partial charge on any atom is -0.454 e. The number of hydrogen-bond acceptors (Lipinski definition) is 7. The number of piperazine rings is 1. The van der Waals surface area contributed by atoms with Crippen molar-refractivity contribution in [2.75, 3.05) is 46.1 Å². The van der Waals surface area contributed by atoms with Crippen LogP contribution in [0, 0.1) is 5.41 Å². The number of rotatable bonds is 9. The van der Waals surface area contributed by atoms with Crippen molar-refractivity contribution in [1.82, 2.24) is 20.4 Å². The summed E-state index contributed by atoms with van der Waals surface area (Å²) in [6, 6.07) is 13.2. The smallest absolute Gasteiger partial charge is 0.242 e. The molecule has 2 amide bonds. The Morgan fingerprint density at radius 1 is 0.941 bits per heavy atom. The Labute approximate surface area is 198 Å². The molecular formula is C24H30N6O4. The first-order valence-corrected chi connectivity index (χ1v) is 11.3. The van der Waals surface area contributed by atoms with Gasteiger partial charge in [0.05, 0.1) is 13.1 Å². The molecule has 0 unspecified atom stereocenters. The molecule has 0 atom stereocenters. The van der Waals surface area contributed by atoms with Gasteiger partial charge in [0.25, 0.3) is 0 Å². The van der Waals surface area contributed by atoms with Gasteiger partial charge in [0.15, 0.2) is 11.5 Å². The van der Waals surface area contributed by atoms with Crippen LogP contribution in [0.5, 0.6) is 11.5 Å². The standard InChI is InChI=1S/C24H30N6O4/c25-24(26)19-4-1-17(2-5-19)12-27-13-22(31)28-14-23(32)30-9-7-29(8-10-30)15-18-3-6-20-21(11-18)34-16-33-20/h1-6,11,27H,7-10,12-16H2,(H3,25,26)(H,28,31). The number of amidine groups is 1.